The molecule has 0 aliphatic heterocycles. The molecule has 262 valence electrons. The molecule has 4 heteroatoms. The van der Waals surface area contributed by atoms with E-state index in [9.17, 15) is 0 Å². The Hall–Kier alpha value is -7.56. The molecule has 0 aliphatic rings. The molecule has 0 amide bonds. The quantitative estimate of drug-likeness (QED) is 0.172. The van der Waals surface area contributed by atoms with Gasteiger partial charge in [0.15, 0.2) is 0 Å². The molecule has 0 saturated heterocycles. The van der Waals surface area contributed by atoms with Crippen molar-refractivity contribution in [3.8, 4) is 56.3 Å². The first-order valence-electron chi connectivity index (χ1n) is 19.0. The largest absolute Gasteiger partial charge is 0.309 e. The highest BCUT2D eigenvalue weighted by atomic mass is 15.0. The lowest BCUT2D eigenvalue weighted by molar-refractivity contribution is 1.15. The minimum atomic E-state index is 0.846. The monoisotopic (exact) mass is 714 g/mol. The van der Waals surface area contributed by atoms with Gasteiger partial charge in [-0.05, 0) is 83.4 Å². The summed E-state index contributed by atoms with van der Waals surface area (Å²) in [6, 6.07) is 71.4. The van der Waals surface area contributed by atoms with Gasteiger partial charge in [0.25, 0.3) is 0 Å². The maximum atomic E-state index is 5.16. The molecule has 7 aromatic carbocycles. The lowest BCUT2D eigenvalue weighted by Crippen LogP contribution is -2.01. The number of nitrogens with zero attached hydrogens (tertiary/aromatic N) is 4. The maximum absolute atomic E-state index is 5.16. The Labute approximate surface area is 324 Å². The average Bonchev–Trinajstić information content (AvgIpc) is 3.80. The first-order chi connectivity index (χ1) is 27.8. The van der Waals surface area contributed by atoms with E-state index in [1.807, 2.05) is 30.5 Å². The summed E-state index contributed by atoms with van der Waals surface area (Å²) in [6.07, 6.45) is 1.82. The molecule has 0 saturated carbocycles. The van der Waals surface area contributed by atoms with Crippen LogP contribution in [0.1, 0.15) is 0 Å². The summed E-state index contributed by atoms with van der Waals surface area (Å²) in [5.41, 5.74) is 15.1. The van der Waals surface area contributed by atoms with Gasteiger partial charge in [0.2, 0.25) is 0 Å². The summed E-state index contributed by atoms with van der Waals surface area (Å²) in [5, 5.41) is 4.97. The van der Waals surface area contributed by atoms with Crippen LogP contribution in [-0.4, -0.2) is 19.1 Å². The third-order valence-corrected chi connectivity index (χ3v) is 11.0. The van der Waals surface area contributed by atoms with E-state index < -0.39 is 0 Å². The Morgan fingerprint density at radius 2 is 0.839 bits per heavy atom. The molecule has 4 aromatic heterocycles. The minimum Gasteiger partial charge on any atom is -0.309 e. The van der Waals surface area contributed by atoms with Crippen molar-refractivity contribution in [3.63, 3.8) is 0 Å². The second-order valence-electron chi connectivity index (χ2n) is 14.2. The molecule has 0 unspecified atom stereocenters. The summed E-state index contributed by atoms with van der Waals surface area (Å²) in [4.78, 5) is 9.81. The van der Waals surface area contributed by atoms with E-state index in [1.54, 1.807) is 0 Å². The Bertz CT molecular complexity index is 3070. The first kappa shape index (κ1) is 31.9. The van der Waals surface area contributed by atoms with E-state index in [0.717, 1.165) is 56.3 Å². The van der Waals surface area contributed by atoms with Gasteiger partial charge in [0.1, 0.15) is 0 Å². The summed E-state index contributed by atoms with van der Waals surface area (Å²) in [5.74, 6) is 0. The van der Waals surface area contributed by atoms with E-state index in [-0.39, 0.29) is 0 Å². The molecule has 0 radical (unpaired) electrons. The predicted molar refractivity (Wildman–Crippen MR) is 232 cm³/mol. The van der Waals surface area contributed by atoms with E-state index in [2.05, 4.69) is 190 Å². The van der Waals surface area contributed by atoms with Crippen LogP contribution in [-0.2, 0) is 0 Å². The van der Waals surface area contributed by atoms with Crippen molar-refractivity contribution < 1.29 is 0 Å². The van der Waals surface area contributed by atoms with E-state index in [1.165, 1.54) is 43.6 Å². The van der Waals surface area contributed by atoms with Gasteiger partial charge in [0.05, 0.1) is 44.8 Å². The van der Waals surface area contributed by atoms with Gasteiger partial charge in [-0.2, -0.15) is 0 Å². The van der Waals surface area contributed by atoms with Crippen LogP contribution < -0.4 is 0 Å². The van der Waals surface area contributed by atoms with Gasteiger partial charge in [-0.3, -0.25) is 4.98 Å². The number of para-hydroxylation sites is 4. The predicted octanol–water partition coefficient (Wildman–Crippen LogP) is 13.3. The zero-order chi connectivity index (χ0) is 37.0. The maximum Gasteiger partial charge on any atom is 0.0899 e. The number of rotatable bonds is 6. The number of aromatic nitrogens is 4. The topological polar surface area (TPSA) is 35.6 Å². The molecule has 4 heterocycles. The molecule has 0 fully saturated rings. The molecule has 56 heavy (non-hydrogen) atoms. The Kier molecular flexibility index (Phi) is 7.46. The minimum absolute atomic E-state index is 0.846. The highest BCUT2D eigenvalue weighted by Crippen LogP contribution is 2.40. The van der Waals surface area contributed by atoms with Gasteiger partial charge >= 0.3 is 0 Å². The summed E-state index contributed by atoms with van der Waals surface area (Å²) in [7, 11) is 0. The number of hydrogen-bond donors (Lipinski definition) is 0. The summed E-state index contributed by atoms with van der Waals surface area (Å²) < 4.78 is 4.82. The lowest BCUT2D eigenvalue weighted by atomic mass is 9.98. The molecule has 0 bridgehead atoms. The third-order valence-electron chi connectivity index (χ3n) is 11.0. The van der Waals surface area contributed by atoms with E-state index in [4.69, 9.17) is 4.98 Å². The van der Waals surface area contributed by atoms with Crippen LogP contribution in [0.3, 0.4) is 0 Å². The van der Waals surface area contributed by atoms with Crippen molar-refractivity contribution in [1.29, 1.82) is 0 Å². The molecular formula is C52H34N4. The number of fused-ring (bicyclic) bond motifs is 6. The third kappa shape index (κ3) is 5.23. The highest BCUT2D eigenvalue weighted by Gasteiger charge is 2.19. The molecule has 11 rings (SSSR count). The van der Waals surface area contributed by atoms with Gasteiger partial charge in [0, 0.05) is 44.6 Å². The normalized spacial score (nSPS) is 11.6. The van der Waals surface area contributed by atoms with Gasteiger partial charge < -0.3 is 9.13 Å². The molecular weight excluding hydrogens is 681 g/mol. The standard InChI is InChI=1S/C52H34N4/c1-2-14-35(15-3-1)38-32-46(54-47(33-38)45-20-12-13-31-53-45)37-27-25-36(26-28-37)44-34-39(55-48-21-8-4-16-40(48)41-17-5-9-22-49(41)55)29-30-52(44)56-50-23-10-6-18-42(50)43-19-7-11-24-51(43)56/h1-34H. The van der Waals surface area contributed by atoms with Crippen LogP contribution in [0.2, 0.25) is 0 Å². The molecule has 11 aromatic rings. The number of pyridine rings is 2. The van der Waals surface area contributed by atoms with Crippen LogP contribution in [0, 0.1) is 0 Å². The van der Waals surface area contributed by atoms with Crippen molar-refractivity contribution in [2.75, 3.05) is 0 Å². The number of hydrogen-bond acceptors (Lipinski definition) is 2. The second-order valence-corrected chi connectivity index (χ2v) is 14.2. The number of benzene rings is 7. The fraction of sp³-hybridized carbons (Fsp3) is 0. The van der Waals surface area contributed by atoms with Crippen LogP contribution >= 0.6 is 0 Å². The molecule has 0 spiro atoms. The average molecular weight is 715 g/mol. The van der Waals surface area contributed by atoms with Crippen molar-refractivity contribution in [3.05, 3.63) is 206 Å². The summed E-state index contributed by atoms with van der Waals surface area (Å²) >= 11 is 0. The lowest BCUT2D eigenvalue weighted by Gasteiger charge is -2.18. The van der Waals surface area contributed by atoms with Gasteiger partial charge in [-0.1, -0.05) is 133 Å². The van der Waals surface area contributed by atoms with Crippen molar-refractivity contribution in [2.45, 2.75) is 0 Å². The fourth-order valence-corrected chi connectivity index (χ4v) is 8.41. The summed E-state index contributed by atoms with van der Waals surface area (Å²) in [6.45, 7) is 0. The molecule has 0 atom stereocenters. The molecule has 0 aliphatic carbocycles. The van der Waals surface area contributed by atoms with E-state index >= 15 is 0 Å². The van der Waals surface area contributed by atoms with E-state index in [0.29, 0.717) is 0 Å². The SMILES string of the molecule is c1ccc(-c2cc(-c3ccc(-c4cc(-n5c6ccccc6c6ccccc65)ccc4-n4c5ccccc5c5ccccc54)cc3)nc(-c3ccccn3)c2)cc1. The first-order valence-corrected chi connectivity index (χ1v) is 19.0. The Morgan fingerprint density at radius 1 is 0.321 bits per heavy atom. The molecule has 4 nitrogen and oxygen atoms in total. The van der Waals surface area contributed by atoms with Crippen LogP contribution in [0.5, 0.6) is 0 Å². The Morgan fingerprint density at radius 3 is 1.43 bits per heavy atom. The van der Waals surface area contributed by atoms with Gasteiger partial charge in [-0.15, -0.1) is 0 Å². The molecule has 0 N–H and O–H groups in total. The second kappa shape index (κ2) is 13.1. The van der Waals surface area contributed by atoms with Crippen LogP contribution in [0.15, 0.2) is 206 Å². The smallest absolute Gasteiger partial charge is 0.0899 e. The van der Waals surface area contributed by atoms with Crippen molar-refractivity contribution in [2.24, 2.45) is 0 Å². The van der Waals surface area contributed by atoms with Crippen molar-refractivity contribution in [1.82, 2.24) is 19.1 Å². The van der Waals surface area contributed by atoms with Crippen molar-refractivity contribution >= 4 is 43.6 Å². The zero-order valence-electron chi connectivity index (χ0n) is 30.4. The fourth-order valence-electron chi connectivity index (χ4n) is 8.41. The van der Waals surface area contributed by atoms with Gasteiger partial charge in [-0.25, -0.2) is 4.98 Å². The van der Waals surface area contributed by atoms with Crippen LogP contribution in [0.4, 0.5) is 0 Å². The zero-order valence-corrected chi connectivity index (χ0v) is 30.4. The highest BCUT2D eigenvalue weighted by molar-refractivity contribution is 6.11. The van der Waals surface area contributed by atoms with Crippen LogP contribution in [0.25, 0.3) is 99.9 Å². The Balaban J connectivity index is 1.12.